The van der Waals surface area contributed by atoms with E-state index < -0.39 is 0 Å². The van der Waals surface area contributed by atoms with Crippen LogP contribution < -0.4 is 5.32 Å². The minimum Gasteiger partial charge on any atom is -0.461 e. The van der Waals surface area contributed by atoms with E-state index in [1.165, 1.54) is 11.1 Å². The molecule has 0 aliphatic rings. The first-order valence-corrected chi connectivity index (χ1v) is 8.34. The van der Waals surface area contributed by atoms with Gasteiger partial charge in [-0.3, -0.25) is 0 Å². The van der Waals surface area contributed by atoms with Gasteiger partial charge in [0.2, 0.25) is 0 Å². The molecule has 2 aromatic carbocycles. The van der Waals surface area contributed by atoms with Gasteiger partial charge in [-0.2, -0.15) is 0 Å². The summed E-state index contributed by atoms with van der Waals surface area (Å²) in [7, 11) is 0. The van der Waals surface area contributed by atoms with Crippen LogP contribution in [0.1, 0.15) is 24.1 Å². The van der Waals surface area contributed by atoms with Crippen LogP contribution in [0.3, 0.4) is 0 Å². The van der Waals surface area contributed by atoms with E-state index in [2.05, 4.69) is 48.4 Å². The molecule has 2 aromatic heterocycles. The van der Waals surface area contributed by atoms with Crippen molar-refractivity contribution in [2.45, 2.75) is 19.9 Å². The highest BCUT2D eigenvalue weighted by atomic mass is 16.3. The van der Waals surface area contributed by atoms with Crippen LogP contribution in [0.25, 0.3) is 22.5 Å². The monoisotopic (exact) mass is 329 g/mol. The van der Waals surface area contributed by atoms with Gasteiger partial charge in [-0.1, -0.05) is 42.0 Å². The summed E-state index contributed by atoms with van der Waals surface area (Å²) in [6.45, 7) is 4.20. The van der Waals surface area contributed by atoms with Gasteiger partial charge in [0.25, 0.3) is 0 Å². The van der Waals surface area contributed by atoms with Crippen molar-refractivity contribution in [1.29, 1.82) is 0 Å². The molecule has 4 aromatic rings. The fourth-order valence-electron chi connectivity index (χ4n) is 2.90. The van der Waals surface area contributed by atoms with E-state index in [1.54, 1.807) is 6.26 Å². The fourth-order valence-corrected chi connectivity index (χ4v) is 2.90. The van der Waals surface area contributed by atoms with Gasteiger partial charge >= 0.3 is 0 Å². The molecule has 0 radical (unpaired) electrons. The van der Waals surface area contributed by atoms with Crippen LogP contribution >= 0.6 is 0 Å². The lowest BCUT2D eigenvalue weighted by atomic mass is 10.1. The summed E-state index contributed by atoms with van der Waals surface area (Å²) >= 11 is 0. The molecule has 0 fully saturated rings. The van der Waals surface area contributed by atoms with E-state index in [-0.39, 0.29) is 6.04 Å². The maximum Gasteiger partial charge on any atom is 0.198 e. The van der Waals surface area contributed by atoms with Crippen LogP contribution in [-0.4, -0.2) is 9.97 Å². The van der Waals surface area contributed by atoms with Gasteiger partial charge in [0.1, 0.15) is 5.82 Å². The molecule has 0 saturated heterocycles. The van der Waals surface area contributed by atoms with Crippen molar-refractivity contribution in [3.63, 3.8) is 0 Å². The maximum atomic E-state index is 5.48. The summed E-state index contributed by atoms with van der Waals surface area (Å²) in [5.41, 5.74) is 3.29. The largest absolute Gasteiger partial charge is 0.461 e. The van der Waals surface area contributed by atoms with Crippen LogP contribution in [0.5, 0.6) is 0 Å². The van der Waals surface area contributed by atoms with Crippen molar-refractivity contribution in [3.05, 3.63) is 78.1 Å². The van der Waals surface area contributed by atoms with E-state index in [4.69, 9.17) is 9.40 Å². The van der Waals surface area contributed by atoms with Crippen molar-refractivity contribution >= 4 is 16.7 Å². The van der Waals surface area contributed by atoms with E-state index in [0.717, 1.165) is 16.7 Å². The Bertz CT molecular complexity index is 995. The molecule has 4 rings (SSSR count). The number of aryl methyl sites for hydroxylation is 1. The molecule has 4 nitrogen and oxygen atoms in total. The normalized spacial score (nSPS) is 12.2. The number of furan rings is 1. The van der Waals surface area contributed by atoms with Gasteiger partial charge in [-0.25, -0.2) is 9.97 Å². The van der Waals surface area contributed by atoms with Crippen LogP contribution in [-0.2, 0) is 0 Å². The SMILES string of the molecule is Cc1ccc2nc(-c3ccco3)nc(NC(C)c3ccccc3)c2c1. The van der Waals surface area contributed by atoms with E-state index >= 15 is 0 Å². The van der Waals surface area contributed by atoms with Gasteiger partial charge in [0, 0.05) is 11.4 Å². The van der Waals surface area contributed by atoms with Crippen LogP contribution in [0.15, 0.2) is 71.3 Å². The van der Waals surface area contributed by atoms with E-state index in [1.807, 2.05) is 36.4 Å². The third kappa shape index (κ3) is 3.11. The van der Waals surface area contributed by atoms with E-state index in [0.29, 0.717) is 11.6 Å². The minimum atomic E-state index is 0.129. The molecule has 0 spiro atoms. The number of benzene rings is 2. The summed E-state index contributed by atoms with van der Waals surface area (Å²) in [5, 5.41) is 4.55. The number of aromatic nitrogens is 2. The lowest BCUT2D eigenvalue weighted by Gasteiger charge is -2.17. The Morgan fingerprint density at radius 2 is 1.80 bits per heavy atom. The molecular formula is C21H19N3O. The highest BCUT2D eigenvalue weighted by Crippen LogP contribution is 2.28. The average Bonchev–Trinajstić information content (AvgIpc) is 3.17. The summed E-state index contributed by atoms with van der Waals surface area (Å²) in [6.07, 6.45) is 1.64. The second kappa shape index (κ2) is 6.40. The van der Waals surface area contributed by atoms with Gasteiger partial charge in [0.05, 0.1) is 11.8 Å². The molecule has 25 heavy (non-hydrogen) atoms. The second-order valence-corrected chi connectivity index (χ2v) is 6.17. The highest BCUT2D eigenvalue weighted by Gasteiger charge is 2.14. The Balaban J connectivity index is 1.81. The smallest absolute Gasteiger partial charge is 0.198 e. The molecule has 2 heterocycles. The summed E-state index contributed by atoms with van der Waals surface area (Å²) in [4.78, 5) is 9.39. The van der Waals surface area contributed by atoms with Gasteiger partial charge in [-0.15, -0.1) is 0 Å². The number of nitrogens with one attached hydrogen (secondary N) is 1. The Morgan fingerprint density at radius 3 is 2.56 bits per heavy atom. The number of anilines is 1. The fraction of sp³-hybridized carbons (Fsp3) is 0.143. The molecule has 1 atom stereocenters. The molecule has 1 N–H and O–H groups in total. The lowest BCUT2D eigenvalue weighted by molar-refractivity contribution is 0.577. The second-order valence-electron chi connectivity index (χ2n) is 6.17. The molecule has 124 valence electrons. The lowest BCUT2D eigenvalue weighted by Crippen LogP contribution is -2.09. The van der Waals surface area contributed by atoms with Crippen LogP contribution in [0.4, 0.5) is 5.82 Å². The molecule has 0 aliphatic carbocycles. The molecule has 4 heteroatoms. The van der Waals surface area contributed by atoms with Crippen molar-refractivity contribution in [1.82, 2.24) is 9.97 Å². The number of hydrogen-bond acceptors (Lipinski definition) is 4. The first kappa shape index (κ1) is 15.4. The average molecular weight is 329 g/mol. The van der Waals surface area contributed by atoms with Crippen molar-refractivity contribution in [2.24, 2.45) is 0 Å². The first-order valence-electron chi connectivity index (χ1n) is 8.34. The third-order valence-electron chi connectivity index (χ3n) is 4.25. The summed E-state index contributed by atoms with van der Waals surface area (Å²) < 4.78 is 5.48. The standard InChI is InChI=1S/C21H19N3O/c1-14-10-11-18-17(13-14)20(22-15(2)16-7-4-3-5-8-16)24-21(23-18)19-9-6-12-25-19/h3-13,15H,1-2H3,(H,22,23,24). The molecular weight excluding hydrogens is 310 g/mol. The molecule has 0 aliphatic heterocycles. The number of fused-ring (bicyclic) bond motifs is 1. The highest BCUT2D eigenvalue weighted by molar-refractivity contribution is 5.91. The van der Waals surface area contributed by atoms with E-state index in [9.17, 15) is 0 Å². The first-order chi connectivity index (χ1) is 12.2. The van der Waals surface area contributed by atoms with Crippen molar-refractivity contribution in [2.75, 3.05) is 5.32 Å². The zero-order valence-electron chi connectivity index (χ0n) is 14.2. The quantitative estimate of drug-likeness (QED) is 0.547. The Hall–Kier alpha value is -3.14. The topological polar surface area (TPSA) is 51.0 Å². The zero-order valence-corrected chi connectivity index (χ0v) is 14.2. The molecule has 0 amide bonds. The van der Waals surface area contributed by atoms with Gasteiger partial charge in [-0.05, 0) is 43.7 Å². The number of rotatable bonds is 4. The number of nitrogens with zero attached hydrogens (tertiary/aromatic N) is 2. The Morgan fingerprint density at radius 1 is 0.960 bits per heavy atom. The van der Waals surface area contributed by atoms with Crippen LogP contribution in [0, 0.1) is 6.92 Å². The Kier molecular flexibility index (Phi) is 3.94. The predicted octanol–water partition coefficient (Wildman–Crippen LogP) is 5.37. The van der Waals surface area contributed by atoms with Crippen molar-refractivity contribution in [3.8, 4) is 11.6 Å². The van der Waals surface area contributed by atoms with Gasteiger partial charge in [0.15, 0.2) is 11.6 Å². The summed E-state index contributed by atoms with van der Waals surface area (Å²) in [5.74, 6) is 2.07. The third-order valence-corrected chi connectivity index (χ3v) is 4.25. The molecule has 1 unspecified atom stereocenters. The number of hydrogen-bond donors (Lipinski definition) is 1. The minimum absolute atomic E-state index is 0.129. The maximum absolute atomic E-state index is 5.48. The molecule has 0 saturated carbocycles. The van der Waals surface area contributed by atoms with Crippen molar-refractivity contribution < 1.29 is 4.42 Å². The van der Waals surface area contributed by atoms with Crippen LogP contribution in [0.2, 0.25) is 0 Å². The Labute approximate surface area is 146 Å². The predicted molar refractivity (Wildman–Crippen MR) is 100 cm³/mol. The zero-order chi connectivity index (χ0) is 17.2. The van der Waals surface area contributed by atoms with Gasteiger partial charge < -0.3 is 9.73 Å². The summed E-state index contributed by atoms with van der Waals surface area (Å²) in [6, 6.07) is 20.4. The molecule has 0 bridgehead atoms.